The second-order valence-corrected chi connectivity index (χ2v) is 5.52. The fourth-order valence-corrected chi connectivity index (χ4v) is 2.07. The molecule has 1 atom stereocenters. The van der Waals surface area contributed by atoms with Gasteiger partial charge in [-0.3, -0.25) is 9.59 Å². The first-order chi connectivity index (χ1) is 10.6. The van der Waals surface area contributed by atoms with Gasteiger partial charge in [0.1, 0.15) is 0 Å². The molecule has 4 nitrogen and oxygen atoms in total. The highest BCUT2D eigenvalue weighted by atomic mass is 16.4. The Hall–Kier alpha value is -1.42. The van der Waals surface area contributed by atoms with Gasteiger partial charge in [-0.15, -0.1) is 0 Å². The van der Waals surface area contributed by atoms with Gasteiger partial charge >= 0.3 is 5.97 Å². The van der Waals surface area contributed by atoms with E-state index < -0.39 is 12.1 Å². The van der Waals surface area contributed by atoms with Crippen molar-refractivity contribution in [2.24, 2.45) is 0 Å². The molecule has 0 aliphatic carbocycles. The van der Waals surface area contributed by atoms with Gasteiger partial charge in [0.05, 0.1) is 6.10 Å². The lowest BCUT2D eigenvalue weighted by Crippen LogP contribution is -2.02. The Balaban J connectivity index is 3.53. The van der Waals surface area contributed by atoms with Crippen LogP contribution in [0.3, 0.4) is 0 Å². The number of carbonyl (C=O) groups excluding carboxylic acids is 1. The van der Waals surface area contributed by atoms with Crippen molar-refractivity contribution in [3.63, 3.8) is 0 Å². The maximum atomic E-state index is 11.6. The fourth-order valence-electron chi connectivity index (χ4n) is 2.07. The van der Waals surface area contributed by atoms with Gasteiger partial charge < -0.3 is 10.2 Å². The lowest BCUT2D eigenvalue weighted by molar-refractivity contribution is -0.137. The van der Waals surface area contributed by atoms with E-state index in [2.05, 4.69) is 0 Å². The van der Waals surface area contributed by atoms with Crippen LogP contribution in [0.4, 0.5) is 0 Å². The van der Waals surface area contributed by atoms with Gasteiger partial charge in [-0.2, -0.15) is 0 Å². The van der Waals surface area contributed by atoms with Gasteiger partial charge in [0.25, 0.3) is 0 Å². The van der Waals surface area contributed by atoms with Gasteiger partial charge in [-0.25, -0.2) is 0 Å². The molecular weight excluding hydrogens is 280 g/mol. The number of aliphatic hydroxyl groups is 1. The topological polar surface area (TPSA) is 74.6 Å². The molecule has 22 heavy (non-hydrogen) atoms. The minimum Gasteiger partial charge on any atom is -0.481 e. The van der Waals surface area contributed by atoms with Crippen LogP contribution in [0.2, 0.25) is 0 Å². The number of rotatable bonds is 14. The lowest BCUT2D eigenvalue weighted by atomic mass is 10.1. The number of hydrogen-bond donors (Lipinski definition) is 2. The molecule has 126 valence electrons. The summed E-state index contributed by atoms with van der Waals surface area (Å²) < 4.78 is 0. The molecule has 0 saturated heterocycles. The van der Waals surface area contributed by atoms with E-state index in [0.29, 0.717) is 12.8 Å². The molecule has 0 aromatic rings. The standard InChI is InChI=1S/C18H30O4/c1-2-3-8-11-16(19)14-15-17(20)12-9-6-4-5-7-10-13-18(21)22/h3,8,14-16,19H,2,4-7,9-13H2,1H3,(H,21,22)/b8-3-,15-14+. The highest BCUT2D eigenvalue weighted by molar-refractivity contribution is 5.89. The normalized spacial score (nSPS) is 13.0. The van der Waals surface area contributed by atoms with Crippen LogP contribution in [-0.2, 0) is 9.59 Å². The molecule has 0 aliphatic rings. The molecule has 0 rings (SSSR count). The maximum absolute atomic E-state index is 11.6. The number of aliphatic hydroxyl groups excluding tert-OH is 1. The van der Waals surface area contributed by atoms with Crippen molar-refractivity contribution < 1.29 is 19.8 Å². The first kappa shape index (κ1) is 20.6. The summed E-state index contributed by atoms with van der Waals surface area (Å²) in [6.07, 6.45) is 14.2. The number of allylic oxidation sites excluding steroid dienone is 2. The van der Waals surface area contributed by atoms with E-state index in [1.807, 2.05) is 19.1 Å². The summed E-state index contributed by atoms with van der Waals surface area (Å²) in [5, 5.41) is 18.1. The Bertz CT molecular complexity index is 358. The van der Waals surface area contributed by atoms with Crippen LogP contribution in [0.25, 0.3) is 0 Å². The zero-order valence-electron chi connectivity index (χ0n) is 13.7. The Morgan fingerprint density at radius 3 is 2.14 bits per heavy atom. The molecule has 2 N–H and O–H groups in total. The molecule has 0 bridgehead atoms. The van der Waals surface area contributed by atoms with E-state index >= 15 is 0 Å². The van der Waals surface area contributed by atoms with E-state index in [1.165, 1.54) is 6.08 Å². The second-order valence-electron chi connectivity index (χ2n) is 5.52. The molecule has 0 aromatic heterocycles. The predicted molar refractivity (Wildman–Crippen MR) is 88.8 cm³/mol. The summed E-state index contributed by atoms with van der Waals surface area (Å²) in [6.45, 7) is 2.04. The summed E-state index contributed by atoms with van der Waals surface area (Å²) in [6, 6.07) is 0. The highest BCUT2D eigenvalue weighted by Crippen LogP contribution is 2.09. The third-order valence-corrected chi connectivity index (χ3v) is 3.35. The molecule has 4 heteroatoms. The molecule has 0 saturated carbocycles. The Kier molecular flexibility index (Phi) is 13.6. The average molecular weight is 310 g/mol. The number of carbonyl (C=O) groups is 2. The zero-order valence-corrected chi connectivity index (χ0v) is 13.7. The zero-order chi connectivity index (χ0) is 16.6. The van der Waals surface area contributed by atoms with Crippen LogP contribution in [-0.4, -0.2) is 28.1 Å². The third kappa shape index (κ3) is 15.0. The summed E-state index contributed by atoms with van der Waals surface area (Å²) in [7, 11) is 0. The van der Waals surface area contributed by atoms with Crippen molar-refractivity contribution in [1.82, 2.24) is 0 Å². The summed E-state index contributed by atoms with van der Waals surface area (Å²) in [4.78, 5) is 21.9. The molecule has 0 aromatic carbocycles. The van der Waals surface area contributed by atoms with Crippen molar-refractivity contribution >= 4 is 11.8 Å². The van der Waals surface area contributed by atoms with Crippen molar-refractivity contribution in [2.45, 2.75) is 77.2 Å². The largest absolute Gasteiger partial charge is 0.481 e. The Labute approximate surface area is 133 Å². The number of unbranched alkanes of at least 4 members (excludes halogenated alkanes) is 5. The molecule has 0 heterocycles. The molecule has 0 amide bonds. The van der Waals surface area contributed by atoms with Crippen LogP contribution in [0.15, 0.2) is 24.3 Å². The van der Waals surface area contributed by atoms with Crippen molar-refractivity contribution in [3.05, 3.63) is 24.3 Å². The minimum absolute atomic E-state index is 0.0596. The Morgan fingerprint density at radius 2 is 1.55 bits per heavy atom. The summed E-state index contributed by atoms with van der Waals surface area (Å²) >= 11 is 0. The molecule has 0 spiro atoms. The maximum Gasteiger partial charge on any atom is 0.303 e. The predicted octanol–water partition coefficient (Wildman–Crippen LogP) is 4.03. The average Bonchev–Trinajstić information content (AvgIpc) is 2.47. The quantitative estimate of drug-likeness (QED) is 0.288. The van der Waals surface area contributed by atoms with E-state index in [9.17, 15) is 14.7 Å². The number of carboxylic acid groups (broad SMARTS) is 1. The highest BCUT2D eigenvalue weighted by Gasteiger charge is 2.00. The summed E-state index contributed by atoms with van der Waals surface area (Å²) in [5.41, 5.74) is 0. The third-order valence-electron chi connectivity index (χ3n) is 3.35. The van der Waals surface area contributed by atoms with E-state index in [4.69, 9.17) is 5.11 Å². The first-order valence-electron chi connectivity index (χ1n) is 8.32. The fraction of sp³-hybridized carbons (Fsp3) is 0.667. The smallest absolute Gasteiger partial charge is 0.303 e. The Morgan fingerprint density at radius 1 is 0.955 bits per heavy atom. The molecule has 0 aliphatic heterocycles. The van der Waals surface area contributed by atoms with Crippen LogP contribution < -0.4 is 0 Å². The van der Waals surface area contributed by atoms with Crippen molar-refractivity contribution in [1.29, 1.82) is 0 Å². The second kappa shape index (κ2) is 14.5. The van der Waals surface area contributed by atoms with E-state index in [-0.39, 0.29) is 12.2 Å². The molecule has 0 radical (unpaired) electrons. The van der Waals surface area contributed by atoms with Crippen LogP contribution in [0, 0.1) is 0 Å². The molecular formula is C18H30O4. The monoisotopic (exact) mass is 310 g/mol. The first-order valence-corrected chi connectivity index (χ1v) is 8.32. The van der Waals surface area contributed by atoms with Gasteiger partial charge in [-0.05, 0) is 31.8 Å². The number of hydrogen-bond acceptors (Lipinski definition) is 3. The van der Waals surface area contributed by atoms with Crippen LogP contribution >= 0.6 is 0 Å². The SMILES string of the molecule is CC/C=C\CC(O)/C=C/C(=O)CCCCCCCCC(=O)O. The van der Waals surface area contributed by atoms with Crippen molar-refractivity contribution in [3.8, 4) is 0 Å². The lowest BCUT2D eigenvalue weighted by Gasteiger charge is -2.01. The van der Waals surface area contributed by atoms with Crippen molar-refractivity contribution in [2.75, 3.05) is 0 Å². The van der Waals surface area contributed by atoms with Gasteiger partial charge in [0, 0.05) is 12.8 Å². The van der Waals surface area contributed by atoms with Gasteiger partial charge in [0.2, 0.25) is 0 Å². The van der Waals surface area contributed by atoms with Crippen LogP contribution in [0.1, 0.15) is 71.1 Å². The summed E-state index contributed by atoms with van der Waals surface area (Å²) in [5.74, 6) is -0.672. The number of aliphatic carboxylic acids is 1. The van der Waals surface area contributed by atoms with Crippen LogP contribution in [0.5, 0.6) is 0 Å². The van der Waals surface area contributed by atoms with Gasteiger partial charge in [-0.1, -0.05) is 50.8 Å². The minimum atomic E-state index is -0.732. The van der Waals surface area contributed by atoms with Gasteiger partial charge in [0.15, 0.2) is 5.78 Å². The molecule has 0 fully saturated rings. The molecule has 1 unspecified atom stereocenters. The van der Waals surface area contributed by atoms with E-state index in [0.717, 1.165) is 44.9 Å². The number of ketones is 1. The number of carboxylic acids is 1. The van der Waals surface area contributed by atoms with E-state index in [1.54, 1.807) is 6.08 Å².